The van der Waals surface area contributed by atoms with Crippen LogP contribution in [0.4, 0.5) is 4.39 Å². The Kier molecular flexibility index (Phi) is 7.56. The highest BCUT2D eigenvalue weighted by molar-refractivity contribution is 5.89. The molecule has 0 atom stereocenters. The Hall–Kier alpha value is -0.660. The third-order valence-electron chi connectivity index (χ3n) is 1.86. The third-order valence-corrected chi connectivity index (χ3v) is 1.86. The smallest absolute Gasteiger partial charge is 0.158 e. The quantitative estimate of drug-likeness (QED) is 0.553. The molecule has 0 aliphatic heterocycles. The number of ketones is 1. The van der Waals surface area contributed by atoms with Crippen LogP contribution in [0.25, 0.3) is 0 Å². The van der Waals surface area contributed by atoms with Gasteiger partial charge in [0.15, 0.2) is 5.78 Å². The summed E-state index contributed by atoms with van der Waals surface area (Å²) in [4.78, 5) is 11.1. The van der Waals surface area contributed by atoms with Crippen molar-refractivity contribution in [1.82, 2.24) is 0 Å². The molecule has 76 valence electrons. The number of carbonyl (C=O) groups excluding carboxylic acids is 1. The zero-order valence-electron chi connectivity index (χ0n) is 8.61. The first kappa shape index (κ1) is 12.3. The summed E-state index contributed by atoms with van der Waals surface area (Å²) in [6.07, 6.45) is 5.68. The van der Waals surface area contributed by atoms with Gasteiger partial charge in [0.1, 0.15) is 5.83 Å². The lowest BCUT2D eigenvalue weighted by molar-refractivity contribution is -0.114. The molecule has 0 saturated carbocycles. The van der Waals surface area contributed by atoms with Crippen molar-refractivity contribution in [2.75, 3.05) is 0 Å². The number of rotatable bonds is 7. The maximum atomic E-state index is 12.9. The second kappa shape index (κ2) is 7.96. The van der Waals surface area contributed by atoms with Gasteiger partial charge in [-0.25, -0.2) is 4.39 Å². The van der Waals surface area contributed by atoms with E-state index in [2.05, 4.69) is 0 Å². The van der Waals surface area contributed by atoms with Crippen LogP contribution in [0.3, 0.4) is 0 Å². The molecule has 0 saturated heterocycles. The Morgan fingerprint density at radius 2 is 1.69 bits per heavy atom. The highest BCUT2D eigenvalue weighted by Crippen LogP contribution is 2.09. The molecule has 0 aromatic carbocycles. The Bertz CT molecular complexity index is 173. The summed E-state index contributed by atoms with van der Waals surface area (Å²) >= 11 is 0. The van der Waals surface area contributed by atoms with Gasteiger partial charge in [-0.3, -0.25) is 4.79 Å². The van der Waals surface area contributed by atoms with E-state index in [0.29, 0.717) is 12.8 Å². The first-order valence-corrected chi connectivity index (χ1v) is 5.09. The van der Waals surface area contributed by atoms with Gasteiger partial charge < -0.3 is 0 Å². The molecule has 0 bridgehead atoms. The molecule has 0 rings (SSSR count). The first-order valence-electron chi connectivity index (χ1n) is 5.09. The molecule has 0 unspecified atom stereocenters. The van der Waals surface area contributed by atoms with Crippen LogP contribution in [-0.2, 0) is 4.79 Å². The summed E-state index contributed by atoms with van der Waals surface area (Å²) < 4.78 is 12.9. The zero-order chi connectivity index (χ0) is 10.1. The average molecular weight is 186 g/mol. The van der Waals surface area contributed by atoms with Crippen LogP contribution in [0, 0.1) is 0 Å². The Morgan fingerprint density at radius 3 is 2.23 bits per heavy atom. The lowest BCUT2D eigenvalue weighted by atomic mass is 10.1. The van der Waals surface area contributed by atoms with Crippen molar-refractivity contribution < 1.29 is 9.18 Å². The standard InChI is InChI=1S/C11H19FO/c1-3-5-7-10(12)9-11(13)8-6-4-2/h9H,3-8H2,1-2H3/b10-9+. The Morgan fingerprint density at radius 1 is 1.15 bits per heavy atom. The van der Waals surface area contributed by atoms with Crippen LogP contribution >= 0.6 is 0 Å². The average Bonchev–Trinajstić information content (AvgIpc) is 2.11. The molecule has 0 aromatic rings. The molecule has 0 amide bonds. The molecule has 0 aliphatic rings. The van der Waals surface area contributed by atoms with E-state index in [4.69, 9.17) is 0 Å². The van der Waals surface area contributed by atoms with Gasteiger partial charge in [-0.05, 0) is 19.3 Å². The van der Waals surface area contributed by atoms with Gasteiger partial charge in [-0.2, -0.15) is 0 Å². The summed E-state index contributed by atoms with van der Waals surface area (Å²) in [5, 5.41) is 0. The van der Waals surface area contributed by atoms with Gasteiger partial charge >= 0.3 is 0 Å². The highest BCUT2D eigenvalue weighted by Gasteiger charge is 2.00. The van der Waals surface area contributed by atoms with E-state index in [-0.39, 0.29) is 11.6 Å². The van der Waals surface area contributed by atoms with Crippen LogP contribution in [-0.4, -0.2) is 5.78 Å². The molecule has 1 nitrogen and oxygen atoms in total. The Labute approximate surface area is 80.0 Å². The summed E-state index contributed by atoms with van der Waals surface area (Å²) in [7, 11) is 0. The number of hydrogen-bond acceptors (Lipinski definition) is 1. The van der Waals surface area contributed by atoms with E-state index in [9.17, 15) is 9.18 Å². The zero-order valence-corrected chi connectivity index (χ0v) is 8.61. The SMILES string of the molecule is CCCCC(=O)/C=C(/F)CCCC. The van der Waals surface area contributed by atoms with Crippen LogP contribution in [0.5, 0.6) is 0 Å². The van der Waals surface area contributed by atoms with Gasteiger partial charge in [-0.1, -0.05) is 26.7 Å². The maximum Gasteiger partial charge on any atom is 0.158 e. The molecular weight excluding hydrogens is 167 g/mol. The van der Waals surface area contributed by atoms with Crippen molar-refractivity contribution in [3.8, 4) is 0 Å². The van der Waals surface area contributed by atoms with E-state index in [1.54, 1.807) is 0 Å². The minimum atomic E-state index is -0.261. The van der Waals surface area contributed by atoms with Crippen molar-refractivity contribution in [2.45, 2.75) is 52.4 Å². The highest BCUT2D eigenvalue weighted by atomic mass is 19.1. The number of unbranched alkanes of at least 4 members (excludes halogenated alkanes) is 2. The summed E-state index contributed by atoms with van der Waals surface area (Å²) in [6.45, 7) is 4.02. The lowest BCUT2D eigenvalue weighted by Crippen LogP contribution is -1.93. The molecular formula is C11H19FO. The minimum Gasteiger partial charge on any atom is -0.295 e. The first-order chi connectivity index (χ1) is 6.20. The van der Waals surface area contributed by atoms with E-state index in [0.717, 1.165) is 31.8 Å². The monoisotopic (exact) mass is 186 g/mol. The van der Waals surface area contributed by atoms with Gasteiger partial charge in [0.25, 0.3) is 0 Å². The third kappa shape index (κ3) is 7.69. The second-order valence-electron chi connectivity index (χ2n) is 3.26. The minimum absolute atomic E-state index is 0.0737. The van der Waals surface area contributed by atoms with Gasteiger partial charge in [-0.15, -0.1) is 0 Å². The molecule has 13 heavy (non-hydrogen) atoms. The molecule has 0 aliphatic carbocycles. The predicted molar refractivity (Wildman–Crippen MR) is 53.2 cm³/mol. The van der Waals surface area contributed by atoms with Gasteiger partial charge in [0.05, 0.1) is 0 Å². The number of hydrogen-bond donors (Lipinski definition) is 0. The molecule has 0 spiro atoms. The summed E-state index contributed by atoms with van der Waals surface area (Å²) in [5.74, 6) is -0.335. The van der Waals surface area contributed by atoms with Crippen molar-refractivity contribution in [1.29, 1.82) is 0 Å². The maximum absolute atomic E-state index is 12.9. The van der Waals surface area contributed by atoms with Crippen LogP contribution < -0.4 is 0 Å². The topological polar surface area (TPSA) is 17.1 Å². The largest absolute Gasteiger partial charge is 0.295 e. The van der Waals surface area contributed by atoms with E-state index in [1.165, 1.54) is 0 Å². The second-order valence-corrected chi connectivity index (χ2v) is 3.26. The van der Waals surface area contributed by atoms with Gasteiger partial charge in [0, 0.05) is 12.5 Å². The van der Waals surface area contributed by atoms with E-state index >= 15 is 0 Å². The van der Waals surface area contributed by atoms with Crippen LogP contribution in [0.1, 0.15) is 52.4 Å². The Balaban J connectivity index is 3.70. The van der Waals surface area contributed by atoms with Crippen molar-refractivity contribution >= 4 is 5.78 Å². The van der Waals surface area contributed by atoms with Crippen LogP contribution in [0.15, 0.2) is 11.9 Å². The van der Waals surface area contributed by atoms with E-state index in [1.807, 2.05) is 13.8 Å². The summed E-state index contributed by atoms with van der Waals surface area (Å²) in [6, 6.07) is 0. The van der Waals surface area contributed by atoms with E-state index < -0.39 is 0 Å². The number of allylic oxidation sites excluding steroid dienone is 2. The van der Waals surface area contributed by atoms with Crippen molar-refractivity contribution in [2.24, 2.45) is 0 Å². The molecule has 0 fully saturated rings. The number of halogens is 1. The fourth-order valence-electron chi connectivity index (χ4n) is 1.02. The fraction of sp³-hybridized carbons (Fsp3) is 0.727. The molecule has 0 N–H and O–H groups in total. The predicted octanol–water partition coefficient (Wildman–Crippen LogP) is 3.79. The molecule has 0 radical (unpaired) electrons. The van der Waals surface area contributed by atoms with Crippen molar-refractivity contribution in [3.63, 3.8) is 0 Å². The van der Waals surface area contributed by atoms with Crippen LogP contribution in [0.2, 0.25) is 0 Å². The molecule has 0 aromatic heterocycles. The molecule has 0 heterocycles. The molecule has 2 heteroatoms. The van der Waals surface area contributed by atoms with Gasteiger partial charge in [0.2, 0.25) is 0 Å². The van der Waals surface area contributed by atoms with Crippen molar-refractivity contribution in [3.05, 3.63) is 11.9 Å². The number of carbonyl (C=O) groups is 1. The fourth-order valence-corrected chi connectivity index (χ4v) is 1.02. The normalized spacial score (nSPS) is 11.8. The lowest BCUT2D eigenvalue weighted by Gasteiger charge is -1.95. The summed E-state index contributed by atoms with van der Waals surface area (Å²) in [5.41, 5.74) is 0.